The highest BCUT2D eigenvalue weighted by Gasteiger charge is 2.32. The van der Waals surface area contributed by atoms with Gasteiger partial charge in [0.2, 0.25) is 0 Å². The highest BCUT2D eigenvalue weighted by atomic mass is 32.2. The van der Waals surface area contributed by atoms with Crippen LogP contribution in [0.25, 0.3) is 11.7 Å². The Hall–Kier alpha value is -3.01. The average Bonchev–Trinajstić information content (AvgIpc) is 3.18. The van der Waals surface area contributed by atoms with Crippen LogP contribution in [-0.4, -0.2) is 42.7 Å². The van der Waals surface area contributed by atoms with E-state index in [0.717, 1.165) is 24.8 Å². The number of unbranched alkanes of at least 4 members (excludes halogenated alkanes) is 5. The van der Waals surface area contributed by atoms with E-state index < -0.39 is 6.10 Å². The molecule has 3 heterocycles. The number of amides is 1. The maximum Gasteiger partial charge on any atom is 0.267 e. The normalized spacial score (nSPS) is 15.6. The number of aromatic nitrogens is 2. The number of fused-ring (bicyclic) bond motifs is 1. The predicted molar refractivity (Wildman–Crippen MR) is 155 cm³/mol. The molecule has 0 aliphatic carbocycles. The molecule has 3 aromatic rings. The van der Waals surface area contributed by atoms with Crippen molar-refractivity contribution in [3.63, 3.8) is 0 Å². The Morgan fingerprint density at radius 2 is 1.78 bits per heavy atom. The number of pyridine rings is 1. The van der Waals surface area contributed by atoms with Gasteiger partial charge in [-0.05, 0) is 30.2 Å². The first kappa shape index (κ1) is 27.0. The van der Waals surface area contributed by atoms with E-state index in [4.69, 9.17) is 12.2 Å². The Morgan fingerprint density at radius 1 is 1.05 bits per heavy atom. The summed E-state index contributed by atoms with van der Waals surface area (Å²) in [6.45, 7) is 2.92. The van der Waals surface area contributed by atoms with E-state index in [1.54, 1.807) is 35.4 Å². The summed E-state index contributed by atoms with van der Waals surface area (Å²) in [5.41, 5.74) is 1.18. The molecule has 1 atom stereocenters. The molecule has 7 nitrogen and oxygen atoms in total. The fourth-order valence-electron chi connectivity index (χ4n) is 4.23. The molecular formula is C28H32N4O3S2. The van der Waals surface area contributed by atoms with Gasteiger partial charge in [0.25, 0.3) is 11.5 Å². The minimum atomic E-state index is -0.791. The van der Waals surface area contributed by atoms with Gasteiger partial charge in [0.15, 0.2) is 0 Å². The van der Waals surface area contributed by atoms with Crippen LogP contribution in [0.2, 0.25) is 0 Å². The average molecular weight is 537 g/mol. The minimum absolute atomic E-state index is 0.152. The summed E-state index contributed by atoms with van der Waals surface area (Å²) in [6, 6.07) is 14.6. The second-order valence-corrected chi connectivity index (χ2v) is 10.7. The molecule has 2 aromatic heterocycles. The molecule has 0 unspecified atom stereocenters. The zero-order valence-electron chi connectivity index (χ0n) is 20.9. The summed E-state index contributed by atoms with van der Waals surface area (Å²) >= 11 is 6.70. The minimum Gasteiger partial charge on any atom is -0.387 e. The lowest BCUT2D eigenvalue weighted by molar-refractivity contribution is -0.122. The van der Waals surface area contributed by atoms with E-state index >= 15 is 0 Å². The topological polar surface area (TPSA) is 86.9 Å². The molecule has 1 fully saturated rings. The van der Waals surface area contributed by atoms with Crippen molar-refractivity contribution in [2.75, 3.05) is 18.4 Å². The van der Waals surface area contributed by atoms with E-state index in [0.29, 0.717) is 27.2 Å². The fourth-order valence-corrected chi connectivity index (χ4v) is 5.52. The molecule has 194 valence electrons. The number of thioether (sulfide) groups is 1. The van der Waals surface area contributed by atoms with Gasteiger partial charge in [-0.3, -0.25) is 18.9 Å². The zero-order chi connectivity index (χ0) is 26.2. The molecule has 1 aliphatic rings. The monoisotopic (exact) mass is 536 g/mol. The summed E-state index contributed by atoms with van der Waals surface area (Å²) < 4.78 is 1.95. The largest absolute Gasteiger partial charge is 0.387 e. The van der Waals surface area contributed by atoms with Crippen molar-refractivity contribution in [3.05, 3.63) is 81.1 Å². The number of aliphatic hydroxyl groups is 1. The van der Waals surface area contributed by atoms with E-state index in [2.05, 4.69) is 17.2 Å². The molecule has 1 aliphatic heterocycles. The van der Waals surface area contributed by atoms with Gasteiger partial charge in [-0.2, -0.15) is 0 Å². The van der Waals surface area contributed by atoms with Crippen molar-refractivity contribution in [1.29, 1.82) is 0 Å². The van der Waals surface area contributed by atoms with Crippen LogP contribution in [0.5, 0.6) is 0 Å². The molecule has 0 bridgehead atoms. The van der Waals surface area contributed by atoms with Crippen LogP contribution < -0.4 is 10.9 Å². The Bertz CT molecular complexity index is 1340. The van der Waals surface area contributed by atoms with E-state index in [1.807, 2.05) is 30.3 Å². The zero-order valence-corrected chi connectivity index (χ0v) is 22.6. The Labute approximate surface area is 226 Å². The highest BCUT2D eigenvalue weighted by molar-refractivity contribution is 8.26. The summed E-state index contributed by atoms with van der Waals surface area (Å²) in [6.07, 6.45) is 9.19. The Kier molecular flexibility index (Phi) is 9.49. The van der Waals surface area contributed by atoms with Gasteiger partial charge in [0.05, 0.1) is 16.6 Å². The third-order valence-electron chi connectivity index (χ3n) is 6.30. The first-order valence-corrected chi connectivity index (χ1v) is 14.0. The lowest BCUT2D eigenvalue weighted by Gasteiger charge is -2.15. The van der Waals surface area contributed by atoms with Crippen molar-refractivity contribution in [2.24, 2.45) is 0 Å². The first-order chi connectivity index (χ1) is 18.0. The third kappa shape index (κ3) is 6.66. The summed E-state index contributed by atoms with van der Waals surface area (Å²) in [4.78, 5) is 33.3. The van der Waals surface area contributed by atoms with Gasteiger partial charge in [0, 0.05) is 19.3 Å². The molecule has 4 rings (SSSR count). The number of anilines is 1. The number of rotatable bonds is 12. The SMILES string of the molecule is CCCCCCCCN1C(=O)/C(=C/c2c(NC[C@@H](O)c3ccccc3)nc3ccccn3c2=O)SC1=S. The maximum atomic E-state index is 13.4. The van der Waals surface area contributed by atoms with Gasteiger partial charge in [-0.15, -0.1) is 0 Å². The van der Waals surface area contributed by atoms with Gasteiger partial charge >= 0.3 is 0 Å². The first-order valence-electron chi connectivity index (χ1n) is 12.7. The number of hydrogen-bond donors (Lipinski definition) is 2. The van der Waals surface area contributed by atoms with Crippen molar-refractivity contribution >= 4 is 51.7 Å². The number of hydrogen-bond acceptors (Lipinski definition) is 7. The van der Waals surface area contributed by atoms with E-state index in [1.165, 1.54) is 35.4 Å². The highest BCUT2D eigenvalue weighted by Crippen LogP contribution is 2.33. The number of aliphatic hydroxyl groups excluding tert-OH is 1. The smallest absolute Gasteiger partial charge is 0.267 e. The molecule has 9 heteroatoms. The Balaban J connectivity index is 1.56. The molecule has 0 radical (unpaired) electrons. The molecule has 1 amide bonds. The second-order valence-electron chi connectivity index (χ2n) is 9.02. The number of carbonyl (C=O) groups excluding carboxylic acids is 1. The summed E-state index contributed by atoms with van der Waals surface area (Å²) in [7, 11) is 0. The second kappa shape index (κ2) is 13.0. The lowest BCUT2D eigenvalue weighted by Crippen LogP contribution is -2.29. The van der Waals surface area contributed by atoms with Crippen molar-refractivity contribution in [3.8, 4) is 0 Å². The molecule has 2 N–H and O–H groups in total. The quantitative estimate of drug-likeness (QED) is 0.182. The summed E-state index contributed by atoms with van der Waals surface area (Å²) in [5, 5.41) is 13.8. The van der Waals surface area contributed by atoms with Crippen LogP contribution in [-0.2, 0) is 4.79 Å². The van der Waals surface area contributed by atoms with Crippen LogP contribution in [0.4, 0.5) is 5.82 Å². The maximum absolute atomic E-state index is 13.4. The Morgan fingerprint density at radius 3 is 2.57 bits per heavy atom. The molecule has 1 aromatic carbocycles. The van der Waals surface area contributed by atoms with Gasteiger partial charge in [-0.1, -0.05) is 99.4 Å². The van der Waals surface area contributed by atoms with Crippen LogP contribution >= 0.6 is 24.0 Å². The number of nitrogens with zero attached hydrogens (tertiary/aromatic N) is 3. The number of nitrogens with one attached hydrogen (secondary N) is 1. The third-order valence-corrected chi connectivity index (χ3v) is 7.68. The van der Waals surface area contributed by atoms with Crippen molar-refractivity contribution in [2.45, 2.75) is 51.6 Å². The van der Waals surface area contributed by atoms with Crippen LogP contribution in [0.3, 0.4) is 0 Å². The van der Waals surface area contributed by atoms with E-state index in [-0.39, 0.29) is 23.6 Å². The van der Waals surface area contributed by atoms with E-state index in [9.17, 15) is 14.7 Å². The number of benzene rings is 1. The predicted octanol–water partition coefficient (Wildman–Crippen LogP) is 5.40. The molecule has 37 heavy (non-hydrogen) atoms. The molecule has 0 spiro atoms. The molecular weight excluding hydrogens is 504 g/mol. The molecule has 0 saturated carbocycles. The summed E-state index contributed by atoms with van der Waals surface area (Å²) in [5.74, 6) is 0.128. The van der Waals surface area contributed by atoms with Crippen molar-refractivity contribution in [1.82, 2.24) is 14.3 Å². The standard InChI is InChI=1S/C28H32N4O3S2/c1-2-3-4-5-6-11-17-32-27(35)23(37-28(32)36)18-21-25(29-19-22(33)20-13-8-7-9-14-20)30-24-15-10-12-16-31(24)26(21)34/h7-10,12-16,18,22,29,33H,2-6,11,17,19H2,1H3/b23-18-/t22-/m1/s1. The lowest BCUT2D eigenvalue weighted by atomic mass is 10.1. The van der Waals surface area contributed by atoms with Gasteiger partial charge in [0.1, 0.15) is 15.8 Å². The van der Waals surface area contributed by atoms with Crippen LogP contribution in [0.15, 0.2) is 64.4 Å². The van der Waals surface area contributed by atoms with Crippen LogP contribution in [0.1, 0.15) is 62.7 Å². The number of thiocarbonyl (C=S) groups is 1. The van der Waals surface area contributed by atoms with Gasteiger partial charge in [-0.25, -0.2) is 4.98 Å². The molecule has 1 saturated heterocycles. The number of carbonyl (C=O) groups is 1. The van der Waals surface area contributed by atoms with Crippen molar-refractivity contribution < 1.29 is 9.90 Å². The van der Waals surface area contributed by atoms with Crippen LogP contribution in [0, 0.1) is 0 Å². The van der Waals surface area contributed by atoms with Gasteiger partial charge < -0.3 is 10.4 Å². The fraction of sp³-hybridized carbons (Fsp3) is 0.357.